The van der Waals surface area contributed by atoms with Crippen molar-refractivity contribution in [2.24, 2.45) is 0 Å². The van der Waals surface area contributed by atoms with Crippen LogP contribution in [0.3, 0.4) is 0 Å². The van der Waals surface area contributed by atoms with Gasteiger partial charge in [0.2, 0.25) is 0 Å². The molecule has 0 atom stereocenters. The Morgan fingerprint density at radius 3 is 2.40 bits per heavy atom. The van der Waals surface area contributed by atoms with E-state index < -0.39 is 0 Å². The quantitative estimate of drug-likeness (QED) is 0.795. The molecule has 0 saturated carbocycles. The largest absolute Gasteiger partial charge is 0.497 e. The van der Waals surface area contributed by atoms with Crippen LogP contribution in [0.5, 0.6) is 17.2 Å². The molecule has 0 aliphatic carbocycles. The Morgan fingerprint density at radius 2 is 1.80 bits per heavy atom. The molecule has 20 heavy (non-hydrogen) atoms. The van der Waals surface area contributed by atoms with Crippen molar-refractivity contribution in [1.29, 1.82) is 0 Å². The highest BCUT2D eigenvalue weighted by atomic mass is 79.9. The van der Waals surface area contributed by atoms with Crippen LogP contribution in [0.1, 0.15) is 26.3 Å². The maximum Gasteiger partial charge on any atom is 0.146 e. The van der Waals surface area contributed by atoms with Crippen molar-refractivity contribution in [3.63, 3.8) is 0 Å². The molecule has 0 N–H and O–H groups in total. The highest BCUT2D eigenvalue weighted by Crippen LogP contribution is 2.36. The van der Waals surface area contributed by atoms with Gasteiger partial charge < -0.3 is 9.47 Å². The molecular formula is C16H18BrNO2. The van der Waals surface area contributed by atoms with Crippen LogP contribution in [0, 0.1) is 0 Å². The fraction of sp³-hybridized carbons (Fsp3) is 0.312. The van der Waals surface area contributed by atoms with Crippen LogP contribution in [0.25, 0.3) is 0 Å². The minimum Gasteiger partial charge on any atom is -0.497 e. The second-order valence-corrected chi connectivity index (χ2v) is 6.47. The lowest BCUT2D eigenvalue weighted by Gasteiger charge is -2.23. The first-order valence-corrected chi connectivity index (χ1v) is 7.16. The van der Waals surface area contributed by atoms with Gasteiger partial charge in [0.1, 0.15) is 17.2 Å². The molecule has 0 bridgehead atoms. The van der Waals surface area contributed by atoms with Crippen LogP contribution in [-0.2, 0) is 5.41 Å². The summed E-state index contributed by atoms with van der Waals surface area (Å²) < 4.78 is 12.2. The molecule has 4 heteroatoms. The smallest absolute Gasteiger partial charge is 0.146 e. The van der Waals surface area contributed by atoms with E-state index in [9.17, 15) is 0 Å². The average molecular weight is 336 g/mol. The fourth-order valence-corrected chi connectivity index (χ4v) is 2.23. The van der Waals surface area contributed by atoms with Crippen LogP contribution in [0.2, 0.25) is 0 Å². The zero-order valence-electron chi connectivity index (χ0n) is 12.1. The van der Waals surface area contributed by atoms with Gasteiger partial charge in [-0.05, 0) is 45.6 Å². The first kappa shape index (κ1) is 14.9. The van der Waals surface area contributed by atoms with Gasteiger partial charge in [-0.1, -0.05) is 20.8 Å². The Kier molecular flexibility index (Phi) is 4.33. The molecule has 2 rings (SSSR count). The van der Waals surface area contributed by atoms with E-state index in [-0.39, 0.29) is 5.41 Å². The Balaban J connectivity index is 2.41. The Bertz CT molecular complexity index is 606. The summed E-state index contributed by atoms with van der Waals surface area (Å²) in [5.41, 5.74) is 1.06. The van der Waals surface area contributed by atoms with Gasteiger partial charge in [-0.2, -0.15) is 0 Å². The highest BCUT2D eigenvalue weighted by Gasteiger charge is 2.20. The standard InChI is InChI=1S/C16H18BrNO2/c1-16(2,3)14-8-12(19-4)5-6-15(14)20-13-7-11(17)9-18-10-13/h5-10H,1-4H3. The minimum atomic E-state index is -0.0384. The first-order valence-electron chi connectivity index (χ1n) is 6.37. The second-order valence-electron chi connectivity index (χ2n) is 5.55. The van der Waals surface area contributed by atoms with Crippen LogP contribution in [-0.4, -0.2) is 12.1 Å². The zero-order chi connectivity index (χ0) is 14.8. The van der Waals surface area contributed by atoms with Gasteiger partial charge in [-0.15, -0.1) is 0 Å². The van der Waals surface area contributed by atoms with Crippen LogP contribution in [0.4, 0.5) is 0 Å². The van der Waals surface area contributed by atoms with Gasteiger partial charge >= 0.3 is 0 Å². The van der Waals surface area contributed by atoms with Crippen molar-refractivity contribution in [1.82, 2.24) is 4.98 Å². The molecule has 0 fully saturated rings. The molecule has 0 amide bonds. The third-order valence-corrected chi connectivity index (χ3v) is 3.34. The van der Waals surface area contributed by atoms with Crippen molar-refractivity contribution >= 4 is 15.9 Å². The molecule has 0 radical (unpaired) electrons. The summed E-state index contributed by atoms with van der Waals surface area (Å²) in [7, 11) is 1.67. The molecular weight excluding hydrogens is 318 g/mol. The summed E-state index contributed by atoms with van der Waals surface area (Å²) >= 11 is 3.39. The van der Waals surface area contributed by atoms with E-state index in [1.54, 1.807) is 19.5 Å². The van der Waals surface area contributed by atoms with Crippen molar-refractivity contribution in [2.75, 3.05) is 7.11 Å². The molecule has 0 unspecified atom stereocenters. The summed E-state index contributed by atoms with van der Waals surface area (Å²) in [6.07, 6.45) is 3.42. The van der Waals surface area contributed by atoms with Gasteiger partial charge in [0, 0.05) is 16.2 Å². The molecule has 106 valence electrons. The number of aromatic nitrogens is 1. The summed E-state index contributed by atoms with van der Waals surface area (Å²) in [4.78, 5) is 4.11. The molecule has 3 nitrogen and oxygen atoms in total. The van der Waals surface area contributed by atoms with Gasteiger partial charge in [0.15, 0.2) is 0 Å². The first-order chi connectivity index (χ1) is 9.40. The summed E-state index contributed by atoms with van der Waals surface area (Å²) in [6, 6.07) is 7.74. The lowest BCUT2D eigenvalue weighted by atomic mass is 9.86. The fourth-order valence-electron chi connectivity index (χ4n) is 1.89. The van der Waals surface area contributed by atoms with E-state index in [4.69, 9.17) is 9.47 Å². The SMILES string of the molecule is COc1ccc(Oc2cncc(Br)c2)c(C(C)(C)C)c1. The summed E-state index contributed by atoms with van der Waals surface area (Å²) in [5.74, 6) is 2.35. The molecule has 0 aliphatic heterocycles. The van der Waals surface area contributed by atoms with Crippen molar-refractivity contribution in [3.05, 3.63) is 46.7 Å². The number of methoxy groups -OCH3 is 1. The lowest BCUT2D eigenvalue weighted by Crippen LogP contribution is -2.12. The lowest BCUT2D eigenvalue weighted by molar-refractivity contribution is 0.407. The van der Waals surface area contributed by atoms with Crippen molar-refractivity contribution in [3.8, 4) is 17.2 Å². The predicted molar refractivity (Wildman–Crippen MR) is 83.7 cm³/mol. The monoisotopic (exact) mass is 335 g/mol. The van der Waals surface area contributed by atoms with Crippen LogP contribution in [0.15, 0.2) is 41.1 Å². The van der Waals surface area contributed by atoms with E-state index in [0.29, 0.717) is 5.75 Å². The molecule has 1 heterocycles. The summed E-state index contributed by atoms with van der Waals surface area (Å²) in [5, 5.41) is 0. The van der Waals surface area contributed by atoms with Crippen molar-refractivity contribution in [2.45, 2.75) is 26.2 Å². The molecule has 0 saturated heterocycles. The molecule has 0 spiro atoms. The number of hydrogen-bond donors (Lipinski definition) is 0. The predicted octanol–water partition coefficient (Wildman–Crippen LogP) is 4.94. The van der Waals surface area contributed by atoms with Crippen LogP contribution >= 0.6 is 15.9 Å². The van der Waals surface area contributed by atoms with E-state index in [2.05, 4.69) is 41.7 Å². The zero-order valence-corrected chi connectivity index (χ0v) is 13.7. The Hall–Kier alpha value is -1.55. The molecule has 2 aromatic rings. The maximum absolute atomic E-state index is 5.97. The molecule has 0 aliphatic rings. The summed E-state index contributed by atoms with van der Waals surface area (Å²) in [6.45, 7) is 6.44. The van der Waals surface area contributed by atoms with Gasteiger partial charge in [-0.3, -0.25) is 4.98 Å². The van der Waals surface area contributed by atoms with E-state index in [0.717, 1.165) is 21.5 Å². The van der Waals surface area contributed by atoms with Gasteiger partial charge in [0.05, 0.1) is 13.3 Å². The number of hydrogen-bond acceptors (Lipinski definition) is 3. The number of ether oxygens (including phenoxy) is 2. The third kappa shape index (κ3) is 3.51. The minimum absolute atomic E-state index is 0.0384. The van der Waals surface area contributed by atoms with Crippen molar-refractivity contribution < 1.29 is 9.47 Å². The molecule has 1 aromatic carbocycles. The number of pyridine rings is 1. The second kappa shape index (κ2) is 5.83. The number of rotatable bonds is 3. The van der Waals surface area contributed by atoms with Crippen LogP contribution < -0.4 is 9.47 Å². The maximum atomic E-state index is 5.97. The van der Waals surface area contributed by atoms with E-state index in [1.807, 2.05) is 24.3 Å². The average Bonchev–Trinajstić information content (AvgIpc) is 2.38. The number of nitrogens with zero attached hydrogens (tertiary/aromatic N) is 1. The topological polar surface area (TPSA) is 31.4 Å². The molecule has 1 aromatic heterocycles. The van der Waals surface area contributed by atoms with E-state index in [1.165, 1.54) is 0 Å². The third-order valence-electron chi connectivity index (χ3n) is 2.90. The Labute approximate surface area is 128 Å². The van der Waals surface area contributed by atoms with E-state index >= 15 is 0 Å². The Morgan fingerprint density at radius 1 is 1.05 bits per heavy atom. The number of benzene rings is 1. The number of halogens is 1. The van der Waals surface area contributed by atoms with Gasteiger partial charge in [0.25, 0.3) is 0 Å². The van der Waals surface area contributed by atoms with Gasteiger partial charge in [-0.25, -0.2) is 0 Å². The highest BCUT2D eigenvalue weighted by molar-refractivity contribution is 9.10. The normalized spacial score (nSPS) is 11.2.